The maximum Gasteiger partial charge on any atom is 0.338 e. The summed E-state index contributed by atoms with van der Waals surface area (Å²) in [5.74, 6) is -0.0713. The van der Waals surface area contributed by atoms with E-state index < -0.39 is 0 Å². The molecule has 0 aliphatic carbocycles. The van der Waals surface area contributed by atoms with Crippen molar-refractivity contribution in [2.75, 3.05) is 6.61 Å². The lowest BCUT2D eigenvalue weighted by molar-refractivity contribution is 0.0525. The molecule has 0 heterocycles. The number of hydrogen-bond donors (Lipinski definition) is 1. The molecule has 98 valence electrons. The fourth-order valence-corrected chi connectivity index (χ4v) is 2.05. The molecule has 1 rings (SSSR count). The van der Waals surface area contributed by atoms with Gasteiger partial charge < -0.3 is 9.84 Å². The number of carbonyl (C=O) groups excluding carboxylic acids is 1. The van der Waals surface area contributed by atoms with Crippen LogP contribution in [-0.2, 0) is 17.6 Å². The van der Waals surface area contributed by atoms with Crippen LogP contribution in [0, 0.1) is 6.92 Å². The van der Waals surface area contributed by atoms with Crippen molar-refractivity contribution >= 4 is 5.97 Å². The number of benzene rings is 1. The van der Waals surface area contributed by atoms with Crippen LogP contribution >= 0.6 is 0 Å². The third-order valence-electron chi connectivity index (χ3n) is 2.98. The second kappa shape index (κ2) is 6.24. The number of hydrogen-bond acceptors (Lipinski definition) is 3. The van der Waals surface area contributed by atoms with Gasteiger partial charge in [-0.15, -0.1) is 6.58 Å². The highest BCUT2D eigenvalue weighted by atomic mass is 16.5. The van der Waals surface area contributed by atoms with Gasteiger partial charge in [0.05, 0.1) is 12.2 Å². The van der Waals surface area contributed by atoms with Gasteiger partial charge in [-0.05, 0) is 49.4 Å². The van der Waals surface area contributed by atoms with Gasteiger partial charge in [-0.3, -0.25) is 0 Å². The summed E-state index contributed by atoms with van der Waals surface area (Å²) < 4.78 is 5.03. The fraction of sp³-hybridized carbons (Fsp3) is 0.400. The van der Waals surface area contributed by atoms with Gasteiger partial charge in [0, 0.05) is 0 Å². The Balaban J connectivity index is 3.37. The van der Waals surface area contributed by atoms with Crippen molar-refractivity contribution in [1.82, 2.24) is 0 Å². The molecule has 0 atom stereocenters. The second-order valence-corrected chi connectivity index (χ2v) is 4.10. The molecule has 0 unspecified atom stereocenters. The van der Waals surface area contributed by atoms with E-state index in [0.29, 0.717) is 25.0 Å². The Labute approximate surface area is 108 Å². The predicted octanol–water partition coefficient (Wildman–Crippen LogP) is 3.17. The van der Waals surface area contributed by atoms with Gasteiger partial charge in [0.25, 0.3) is 0 Å². The van der Waals surface area contributed by atoms with Gasteiger partial charge in [-0.25, -0.2) is 4.79 Å². The Morgan fingerprint density at radius 1 is 1.50 bits per heavy atom. The quantitative estimate of drug-likeness (QED) is 0.643. The van der Waals surface area contributed by atoms with Crippen LogP contribution in [0.1, 0.15) is 40.9 Å². The second-order valence-electron chi connectivity index (χ2n) is 4.10. The van der Waals surface area contributed by atoms with Crippen LogP contribution in [0.4, 0.5) is 0 Å². The molecule has 3 nitrogen and oxygen atoms in total. The fourth-order valence-electron chi connectivity index (χ4n) is 2.05. The zero-order valence-corrected chi connectivity index (χ0v) is 11.2. The van der Waals surface area contributed by atoms with Crippen molar-refractivity contribution < 1.29 is 14.6 Å². The molecule has 0 amide bonds. The zero-order valence-electron chi connectivity index (χ0n) is 11.2. The molecule has 0 saturated carbocycles. The van der Waals surface area contributed by atoms with Gasteiger partial charge in [-0.1, -0.05) is 13.0 Å². The normalized spacial score (nSPS) is 10.2. The largest absolute Gasteiger partial charge is 0.507 e. The average molecular weight is 248 g/mol. The summed E-state index contributed by atoms with van der Waals surface area (Å²) in [6.07, 6.45) is 2.92. The van der Waals surface area contributed by atoms with E-state index in [0.717, 1.165) is 16.7 Å². The van der Waals surface area contributed by atoms with Crippen LogP contribution in [0.15, 0.2) is 18.7 Å². The van der Waals surface area contributed by atoms with Crippen molar-refractivity contribution in [1.29, 1.82) is 0 Å². The molecular weight excluding hydrogens is 228 g/mol. The molecule has 1 aromatic carbocycles. The molecule has 0 aliphatic rings. The Hall–Kier alpha value is -1.77. The van der Waals surface area contributed by atoms with E-state index in [-0.39, 0.29) is 11.7 Å². The summed E-state index contributed by atoms with van der Waals surface area (Å²) in [5.41, 5.74) is 2.84. The molecule has 0 radical (unpaired) electrons. The summed E-state index contributed by atoms with van der Waals surface area (Å²) in [6, 6.07) is 1.70. The zero-order chi connectivity index (χ0) is 13.7. The van der Waals surface area contributed by atoms with Crippen molar-refractivity contribution in [2.24, 2.45) is 0 Å². The maximum absolute atomic E-state index is 11.9. The van der Waals surface area contributed by atoms with Crippen LogP contribution in [0.25, 0.3) is 0 Å². The van der Waals surface area contributed by atoms with E-state index >= 15 is 0 Å². The Morgan fingerprint density at radius 2 is 2.17 bits per heavy atom. The van der Waals surface area contributed by atoms with Crippen molar-refractivity contribution in [2.45, 2.75) is 33.6 Å². The number of ether oxygens (including phenoxy) is 1. The Morgan fingerprint density at radius 3 is 2.67 bits per heavy atom. The summed E-state index contributed by atoms with van der Waals surface area (Å²) >= 11 is 0. The molecule has 0 spiro atoms. The SMILES string of the molecule is C=CCc1cc(C(=O)OCC)c(C)c(CC)c1O. The van der Waals surface area contributed by atoms with Crippen LogP contribution in [0.3, 0.4) is 0 Å². The van der Waals surface area contributed by atoms with Gasteiger partial charge in [0.15, 0.2) is 0 Å². The molecular formula is C15H20O3. The standard InChI is InChI=1S/C15H20O3/c1-5-8-11-9-13(15(17)18-7-3)10(4)12(6-2)14(11)16/h5,9,16H,1,6-8H2,2-4H3. The molecule has 0 saturated heterocycles. The van der Waals surface area contributed by atoms with Gasteiger partial charge >= 0.3 is 5.97 Å². The van der Waals surface area contributed by atoms with E-state index in [2.05, 4.69) is 6.58 Å². The minimum Gasteiger partial charge on any atom is -0.507 e. The first-order valence-electron chi connectivity index (χ1n) is 6.19. The Kier molecular flexibility index (Phi) is 4.95. The number of phenols is 1. The summed E-state index contributed by atoms with van der Waals surface area (Å²) in [5, 5.41) is 10.1. The number of allylic oxidation sites excluding steroid dienone is 1. The average Bonchev–Trinajstić information content (AvgIpc) is 2.33. The maximum atomic E-state index is 11.9. The highest BCUT2D eigenvalue weighted by Gasteiger charge is 2.18. The third-order valence-corrected chi connectivity index (χ3v) is 2.98. The minimum absolute atomic E-state index is 0.267. The monoisotopic (exact) mass is 248 g/mol. The molecule has 0 bridgehead atoms. The van der Waals surface area contributed by atoms with Crippen LogP contribution in [-0.4, -0.2) is 17.7 Å². The molecule has 0 aliphatic heterocycles. The van der Waals surface area contributed by atoms with Crippen molar-refractivity contribution in [3.05, 3.63) is 41.0 Å². The number of rotatable bonds is 5. The van der Waals surface area contributed by atoms with Crippen molar-refractivity contribution in [3.63, 3.8) is 0 Å². The number of phenolic OH excluding ortho intramolecular Hbond substituents is 1. The third kappa shape index (κ3) is 2.73. The molecule has 0 aromatic heterocycles. The van der Waals surface area contributed by atoms with E-state index in [9.17, 15) is 9.90 Å². The van der Waals surface area contributed by atoms with E-state index in [1.165, 1.54) is 0 Å². The predicted molar refractivity (Wildman–Crippen MR) is 72.1 cm³/mol. The van der Waals surface area contributed by atoms with Gasteiger partial charge in [-0.2, -0.15) is 0 Å². The summed E-state index contributed by atoms with van der Waals surface area (Å²) in [6.45, 7) is 9.57. The van der Waals surface area contributed by atoms with E-state index in [4.69, 9.17) is 4.74 Å². The molecule has 0 fully saturated rings. The lowest BCUT2D eigenvalue weighted by atomic mass is 9.94. The van der Waals surface area contributed by atoms with Crippen LogP contribution in [0.2, 0.25) is 0 Å². The van der Waals surface area contributed by atoms with E-state index in [1.54, 1.807) is 19.1 Å². The molecule has 3 heteroatoms. The first-order chi connectivity index (χ1) is 8.56. The lowest BCUT2D eigenvalue weighted by Crippen LogP contribution is -2.09. The lowest BCUT2D eigenvalue weighted by Gasteiger charge is -2.15. The number of carbonyl (C=O) groups is 1. The smallest absolute Gasteiger partial charge is 0.338 e. The molecule has 18 heavy (non-hydrogen) atoms. The topological polar surface area (TPSA) is 46.5 Å². The first kappa shape index (κ1) is 14.3. The summed E-state index contributed by atoms with van der Waals surface area (Å²) in [7, 11) is 0. The van der Waals surface area contributed by atoms with E-state index in [1.807, 2.05) is 13.8 Å². The minimum atomic E-state index is -0.338. The van der Waals surface area contributed by atoms with Gasteiger partial charge in [0.1, 0.15) is 5.75 Å². The van der Waals surface area contributed by atoms with Gasteiger partial charge in [0.2, 0.25) is 0 Å². The van der Waals surface area contributed by atoms with Crippen LogP contribution < -0.4 is 0 Å². The summed E-state index contributed by atoms with van der Waals surface area (Å²) in [4.78, 5) is 11.9. The van der Waals surface area contributed by atoms with Crippen LogP contribution in [0.5, 0.6) is 5.75 Å². The first-order valence-corrected chi connectivity index (χ1v) is 6.19. The van der Waals surface area contributed by atoms with Crippen molar-refractivity contribution in [3.8, 4) is 5.75 Å². The molecule has 1 aromatic rings. The number of esters is 1. The Bertz CT molecular complexity index is 461. The molecule has 1 N–H and O–H groups in total. The highest BCUT2D eigenvalue weighted by molar-refractivity contribution is 5.92. The number of aromatic hydroxyl groups is 1. The highest BCUT2D eigenvalue weighted by Crippen LogP contribution is 2.30.